The summed E-state index contributed by atoms with van der Waals surface area (Å²) >= 11 is 0. The van der Waals surface area contributed by atoms with E-state index in [4.69, 9.17) is 4.74 Å². The van der Waals surface area contributed by atoms with Crippen LogP contribution in [-0.2, 0) is 4.79 Å². The number of hydrogen-bond donors (Lipinski definition) is 1. The van der Waals surface area contributed by atoms with Crippen LogP contribution in [0.1, 0.15) is 32.6 Å². The molecule has 1 N–H and O–H groups in total. The lowest BCUT2D eigenvalue weighted by molar-refractivity contribution is -0.118. The minimum Gasteiger partial charge on any atom is -0.476 e. The van der Waals surface area contributed by atoms with Gasteiger partial charge in [-0.15, -0.1) is 0 Å². The van der Waals surface area contributed by atoms with Gasteiger partial charge in [-0.3, -0.25) is 4.79 Å². The number of hydrogen-bond acceptors (Lipinski definition) is 4. The van der Waals surface area contributed by atoms with Crippen molar-refractivity contribution in [3.8, 4) is 5.88 Å². The number of carbonyl (C=O) groups excluding carboxylic acids is 1. The maximum Gasteiger partial charge on any atom is 0.237 e. The van der Waals surface area contributed by atoms with Crippen LogP contribution in [0.3, 0.4) is 0 Å². The first-order valence-electron chi connectivity index (χ1n) is 8.36. The molecule has 1 fully saturated rings. The predicted molar refractivity (Wildman–Crippen MR) is 85.9 cm³/mol. The zero-order valence-corrected chi connectivity index (χ0v) is 13.3. The van der Waals surface area contributed by atoms with Crippen molar-refractivity contribution in [1.29, 1.82) is 0 Å². The highest BCUT2D eigenvalue weighted by atomic mass is 16.5. The predicted octanol–water partition coefficient (Wildman–Crippen LogP) is 2.54. The van der Waals surface area contributed by atoms with E-state index < -0.39 is 0 Å². The minimum atomic E-state index is 0.0821. The summed E-state index contributed by atoms with van der Waals surface area (Å²) in [6, 6.07) is 3.67. The number of carbonyl (C=O) groups is 1. The van der Waals surface area contributed by atoms with Gasteiger partial charge in [0.15, 0.2) is 0 Å². The molecule has 2 atom stereocenters. The van der Waals surface area contributed by atoms with E-state index in [1.165, 1.54) is 6.42 Å². The first kappa shape index (κ1) is 15.3. The van der Waals surface area contributed by atoms with E-state index in [1.807, 2.05) is 12.1 Å². The monoisotopic (exact) mass is 303 g/mol. The van der Waals surface area contributed by atoms with Gasteiger partial charge in [0.25, 0.3) is 0 Å². The highest BCUT2D eigenvalue weighted by molar-refractivity contribution is 5.92. The number of aromatic nitrogens is 1. The summed E-state index contributed by atoms with van der Waals surface area (Å²) in [4.78, 5) is 19.1. The van der Waals surface area contributed by atoms with E-state index in [-0.39, 0.29) is 5.91 Å². The highest BCUT2D eigenvalue weighted by Gasteiger charge is 2.31. The van der Waals surface area contributed by atoms with Crippen molar-refractivity contribution >= 4 is 11.6 Å². The van der Waals surface area contributed by atoms with Crippen LogP contribution in [0, 0.1) is 11.8 Å². The Bertz CT molecular complexity index is 520. The van der Waals surface area contributed by atoms with Gasteiger partial charge in [-0.05, 0) is 56.3 Å². The number of piperidine rings is 1. The van der Waals surface area contributed by atoms with E-state index in [1.54, 1.807) is 6.20 Å². The summed E-state index contributed by atoms with van der Waals surface area (Å²) in [5.41, 5.74) is 0.689. The standard InChI is InChI=1S/C17H25N3O2/c1-2-8-20-9-5-13-11-16(21)19-15-4-3-7-18-17(15)22-10-6-14(13)12-20/h3-4,7,13-14H,2,5-6,8-12H2,1H3,(H,19,21)/t13-,14-/m0/s1. The number of nitrogens with one attached hydrogen (secondary N) is 1. The second-order valence-electron chi connectivity index (χ2n) is 6.35. The average molecular weight is 303 g/mol. The molecule has 1 aromatic rings. The fraction of sp³-hybridized carbons (Fsp3) is 0.647. The maximum absolute atomic E-state index is 12.3. The van der Waals surface area contributed by atoms with Gasteiger partial charge in [0.05, 0.1) is 6.61 Å². The first-order valence-corrected chi connectivity index (χ1v) is 8.36. The molecule has 0 unspecified atom stereocenters. The minimum absolute atomic E-state index is 0.0821. The molecular weight excluding hydrogens is 278 g/mol. The lowest BCUT2D eigenvalue weighted by Crippen LogP contribution is -2.42. The molecule has 0 aromatic carbocycles. The van der Waals surface area contributed by atoms with E-state index >= 15 is 0 Å². The van der Waals surface area contributed by atoms with Crippen LogP contribution in [0.2, 0.25) is 0 Å². The van der Waals surface area contributed by atoms with Gasteiger partial charge < -0.3 is 15.0 Å². The molecule has 1 amide bonds. The SMILES string of the molecule is CCCN1CC[C@H]2CC(=O)Nc3cccnc3OCC[C@H]2C1. The van der Waals surface area contributed by atoms with Crippen LogP contribution in [0.25, 0.3) is 0 Å². The number of ether oxygens (including phenoxy) is 1. The van der Waals surface area contributed by atoms with Crippen molar-refractivity contribution in [2.75, 3.05) is 31.6 Å². The third-order valence-electron chi connectivity index (χ3n) is 4.74. The molecular formula is C17H25N3O2. The Labute approximate surface area is 132 Å². The average Bonchev–Trinajstić information content (AvgIpc) is 2.51. The molecule has 2 aliphatic heterocycles. The van der Waals surface area contributed by atoms with Crippen LogP contribution in [0.15, 0.2) is 18.3 Å². The lowest BCUT2D eigenvalue weighted by Gasteiger charge is -2.38. The fourth-order valence-corrected chi connectivity index (χ4v) is 3.62. The molecule has 120 valence electrons. The van der Waals surface area contributed by atoms with Crippen LogP contribution in [0.4, 0.5) is 5.69 Å². The molecule has 22 heavy (non-hydrogen) atoms. The van der Waals surface area contributed by atoms with E-state index in [0.717, 1.165) is 32.5 Å². The van der Waals surface area contributed by atoms with E-state index in [2.05, 4.69) is 22.1 Å². The smallest absolute Gasteiger partial charge is 0.237 e. The number of pyridine rings is 1. The van der Waals surface area contributed by atoms with Gasteiger partial charge in [0.2, 0.25) is 11.8 Å². The molecule has 3 rings (SSSR count). The van der Waals surface area contributed by atoms with Crippen molar-refractivity contribution in [2.45, 2.75) is 32.6 Å². The van der Waals surface area contributed by atoms with Crippen LogP contribution in [-0.4, -0.2) is 42.0 Å². The Morgan fingerprint density at radius 2 is 2.32 bits per heavy atom. The molecule has 0 spiro atoms. The van der Waals surface area contributed by atoms with Crippen LogP contribution < -0.4 is 10.1 Å². The van der Waals surface area contributed by atoms with Crippen molar-refractivity contribution < 1.29 is 9.53 Å². The molecule has 2 aliphatic rings. The van der Waals surface area contributed by atoms with Gasteiger partial charge >= 0.3 is 0 Å². The van der Waals surface area contributed by atoms with Crippen molar-refractivity contribution in [2.24, 2.45) is 11.8 Å². The molecule has 0 radical (unpaired) electrons. The summed E-state index contributed by atoms with van der Waals surface area (Å²) in [5, 5.41) is 2.96. The third kappa shape index (κ3) is 3.58. The summed E-state index contributed by atoms with van der Waals surface area (Å²) in [5.74, 6) is 1.63. The Kier molecular flexibility index (Phi) is 4.93. The molecule has 0 aliphatic carbocycles. The van der Waals surface area contributed by atoms with Gasteiger partial charge in [-0.1, -0.05) is 6.92 Å². The topological polar surface area (TPSA) is 54.5 Å². The maximum atomic E-state index is 12.3. The quantitative estimate of drug-likeness (QED) is 0.912. The van der Waals surface area contributed by atoms with Crippen LogP contribution >= 0.6 is 0 Å². The zero-order valence-electron chi connectivity index (χ0n) is 13.3. The number of fused-ring (bicyclic) bond motifs is 2. The Morgan fingerprint density at radius 3 is 3.18 bits per heavy atom. The van der Waals surface area contributed by atoms with E-state index in [9.17, 15) is 4.79 Å². The number of rotatable bonds is 2. The number of likely N-dealkylation sites (tertiary alicyclic amines) is 1. The third-order valence-corrected chi connectivity index (χ3v) is 4.74. The summed E-state index contributed by atoms with van der Waals surface area (Å²) < 4.78 is 5.81. The Hall–Kier alpha value is -1.62. The van der Waals surface area contributed by atoms with Crippen molar-refractivity contribution in [3.63, 3.8) is 0 Å². The second-order valence-corrected chi connectivity index (χ2v) is 6.35. The van der Waals surface area contributed by atoms with Crippen molar-refractivity contribution in [1.82, 2.24) is 9.88 Å². The lowest BCUT2D eigenvalue weighted by atomic mass is 9.81. The van der Waals surface area contributed by atoms with Gasteiger partial charge in [-0.2, -0.15) is 0 Å². The van der Waals surface area contributed by atoms with Gasteiger partial charge in [-0.25, -0.2) is 4.98 Å². The molecule has 1 saturated heterocycles. The molecule has 5 nitrogen and oxygen atoms in total. The first-order chi connectivity index (χ1) is 10.8. The summed E-state index contributed by atoms with van der Waals surface area (Å²) in [7, 11) is 0. The van der Waals surface area contributed by atoms with Gasteiger partial charge in [0.1, 0.15) is 5.69 Å². The number of nitrogens with zero attached hydrogens (tertiary/aromatic N) is 2. The molecule has 0 saturated carbocycles. The van der Waals surface area contributed by atoms with Crippen molar-refractivity contribution in [3.05, 3.63) is 18.3 Å². The second kappa shape index (κ2) is 7.09. The molecule has 1 aromatic heterocycles. The summed E-state index contributed by atoms with van der Waals surface area (Å²) in [6.45, 7) is 6.24. The number of anilines is 1. The van der Waals surface area contributed by atoms with E-state index in [0.29, 0.717) is 36.4 Å². The summed E-state index contributed by atoms with van der Waals surface area (Å²) in [6.07, 6.45) is 5.60. The molecule has 0 bridgehead atoms. The van der Waals surface area contributed by atoms with Crippen LogP contribution in [0.5, 0.6) is 5.88 Å². The Balaban J connectivity index is 1.72. The number of amides is 1. The van der Waals surface area contributed by atoms with Gasteiger partial charge in [0, 0.05) is 19.2 Å². The fourth-order valence-electron chi connectivity index (χ4n) is 3.62. The zero-order chi connectivity index (χ0) is 15.4. The molecule has 5 heteroatoms. The normalized spacial score (nSPS) is 26.3. The highest BCUT2D eigenvalue weighted by Crippen LogP contribution is 2.32. The largest absolute Gasteiger partial charge is 0.476 e. The Morgan fingerprint density at radius 1 is 1.41 bits per heavy atom. The molecule has 3 heterocycles.